The summed E-state index contributed by atoms with van der Waals surface area (Å²) in [4.78, 5) is 4.42. The summed E-state index contributed by atoms with van der Waals surface area (Å²) >= 11 is 0. The van der Waals surface area contributed by atoms with Crippen molar-refractivity contribution in [3.8, 4) is 0 Å². The van der Waals surface area contributed by atoms with Gasteiger partial charge in [-0.2, -0.15) is 0 Å². The van der Waals surface area contributed by atoms with Crippen LogP contribution in [0, 0.1) is 12.8 Å². The van der Waals surface area contributed by atoms with Crippen LogP contribution in [0.3, 0.4) is 0 Å². The summed E-state index contributed by atoms with van der Waals surface area (Å²) in [5, 5.41) is 0. The summed E-state index contributed by atoms with van der Waals surface area (Å²) in [7, 11) is 0. The second-order valence-corrected chi connectivity index (χ2v) is 4.96. The van der Waals surface area contributed by atoms with Gasteiger partial charge in [0.1, 0.15) is 0 Å². The van der Waals surface area contributed by atoms with Gasteiger partial charge in [-0.25, -0.2) is 0 Å². The molecule has 0 aliphatic heterocycles. The zero-order chi connectivity index (χ0) is 12.7. The normalized spacial score (nSPS) is 14.6. The van der Waals surface area contributed by atoms with Gasteiger partial charge in [-0.3, -0.25) is 4.98 Å². The Balaban J connectivity index is 2.58. The third-order valence-corrected chi connectivity index (χ3v) is 3.53. The van der Waals surface area contributed by atoms with Gasteiger partial charge in [0, 0.05) is 12.2 Å². The summed E-state index contributed by atoms with van der Waals surface area (Å²) < 4.78 is 0. The molecule has 2 N–H and O–H groups in total. The Morgan fingerprint density at radius 2 is 2.12 bits per heavy atom. The van der Waals surface area contributed by atoms with E-state index in [1.165, 1.54) is 31.2 Å². The van der Waals surface area contributed by atoms with E-state index < -0.39 is 0 Å². The summed E-state index contributed by atoms with van der Waals surface area (Å²) in [5.74, 6) is 0.742. The van der Waals surface area contributed by atoms with Gasteiger partial charge >= 0.3 is 0 Å². The SMILES string of the molecule is CCCCC(CC)CC(N)c1ncccc1C. The monoisotopic (exact) mass is 234 g/mol. The van der Waals surface area contributed by atoms with Gasteiger partial charge in [0.15, 0.2) is 0 Å². The average molecular weight is 234 g/mol. The molecule has 1 aromatic heterocycles. The number of aryl methyl sites for hydroxylation is 1. The van der Waals surface area contributed by atoms with Gasteiger partial charge in [-0.1, -0.05) is 45.6 Å². The van der Waals surface area contributed by atoms with Gasteiger partial charge in [0.05, 0.1) is 5.69 Å². The fourth-order valence-electron chi connectivity index (χ4n) is 2.34. The van der Waals surface area contributed by atoms with Crippen LogP contribution in [0.15, 0.2) is 18.3 Å². The summed E-state index contributed by atoms with van der Waals surface area (Å²) in [6.45, 7) is 6.60. The van der Waals surface area contributed by atoms with E-state index >= 15 is 0 Å². The predicted molar refractivity (Wildman–Crippen MR) is 73.8 cm³/mol. The molecule has 0 aromatic carbocycles. The van der Waals surface area contributed by atoms with E-state index in [1.54, 1.807) is 0 Å². The van der Waals surface area contributed by atoms with Crippen LogP contribution in [0.5, 0.6) is 0 Å². The lowest BCUT2D eigenvalue weighted by Gasteiger charge is -2.20. The fraction of sp³-hybridized carbons (Fsp3) is 0.667. The molecular formula is C15H26N2. The van der Waals surface area contributed by atoms with Crippen LogP contribution in [0.1, 0.15) is 63.3 Å². The van der Waals surface area contributed by atoms with Gasteiger partial charge in [0.2, 0.25) is 0 Å². The first-order valence-corrected chi connectivity index (χ1v) is 6.86. The van der Waals surface area contributed by atoms with E-state index in [2.05, 4.69) is 31.8 Å². The predicted octanol–water partition coefficient (Wildman–Crippen LogP) is 4.00. The molecule has 0 aliphatic rings. The lowest BCUT2D eigenvalue weighted by Crippen LogP contribution is -2.17. The standard InChI is InChI=1S/C15H26N2/c1-4-6-9-13(5-2)11-14(16)15-12(3)8-7-10-17-15/h7-8,10,13-14H,4-6,9,11,16H2,1-3H3. The number of hydrogen-bond donors (Lipinski definition) is 1. The highest BCUT2D eigenvalue weighted by atomic mass is 14.8. The molecule has 2 nitrogen and oxygen atoms in total. The maximum atomic E-state index is 6.28. The van der Waals surface area contributed by atoms with Crippen LogP contribution >= 0.6 is 0 Å². The number of nitrogens with two attached hydrogens (primary N) is 1. The van der Waals surface area contributed by atoms with E-state index in [0.29, 0.717) is 0 Å². The van der Waals surface area contributed by atoms with Crippen molar-refractivity contribution in [1.82, 2.24) is 4.98 Å². The quantitative estimate of drug-likeness (QED) is 0.774. The molecule has 1 aromatic rings. The van der Waals surface area contributed by atoms with Crippen molar-refractivity contribution >= 4 is 0 Å². The van der Waals surface area contributed by atoms with Crippen LogP contribution in [0.2, 0.25) is 0 Å². The Hall–Kier alpha value is -0.890. The molecule has 96 valence electrons. The van der Waals surface area contributed by atoms with Crippen molar-refractivity contribution in [1.29, 1.82) is 0 Å². The Morgan fingerprint density at radius 1 is 1.35 bits per heavy atom. The van der Waals surface area contributed by atoms with Crippen molar-refractivity contribution in [2.24, 2.45) is 11.7 Å². The van der Waals surface area contributed by atoms with E-state index in [-0.39, 0.29) is 6.04 Å². The topological polar surface area (TPSA) is 38.9 Å². The van der Waals surface area contributed by atoms with Crippen molar-refractivity contribution in [2.75, 3.05) is 0 Å². The molecule has 17 heavy (non-hydrogen) atoms. The van der Waals surface area contributed by atoms with E-state index in [4.69, 9.17) is 5.73 Å². The second kappa shape index (κ2) is 7.44. The molecule has 0 saturated heterocycles. The lowest BCUT2D eigenvalue weighted by atomic mass is 9.90. The molecule has 1 heterocycles. The fourth-order valence-corrected chi connectivity index (χ4v) is 2.34. The largest absolute Gasteiger partial charge is 0.323 e. The third kappa shape index (κ3) is 4.47. The maximum absolute atomic E-state index is 6.28. The van der Waals surface area contributed by atoms with Crippen LogP contribution < -0.4 is 5.73 Å². The first kappa shape index (κ1) is 14.2. The Labute approximate surface area is 106 Å². The number of rotatable bonds is 7. The highest BCUT2D eigenvalue weighted by Crippen LogP contribution is 2.25. The van der Waals surface area contributed by atoms with Crippen LogP contribution in [0.25, 0.3) is 0 Å². The van der Waals surface area contributed by atoms with Gasteiger partial charge in [0.25, 0.3) is 0 Å². The van der Waals surface area contributed by atoms with Gasteiger partial charge < -0.3 is 5.73 Å². The summed E-state index contributed by atoms with van der Waals surface area (Å²) in [6.07, 6.45) is 8.01. The van der Waals surface area contributed by atoms with Gasteiger partial charge in [-0.15, -0.1) is 0 Å². The number of hydrogen-bond acceptors (Lipinski definition) is 2. The molecule has 0 spiro atoms. The maximum Gasteiger partial charge on any atom is 0.0600 e. The molecule has 0 fully saturated rings. The second-order valence-electron chi connectivity index (χ2n) is 4.96. The van der Waals surface area contributed by atoms with Crippen molar-refractivity contribution in [2.45, 2.75) is 58.9 Å². The van der Waals surface area contributed by atoms with Crippen molar-refractivity contribution in [3.63, 3.8) is 0 Å². The lowest BCUT2D eigenvalue weighted by molar-refractivity contribution is 0.385. The van der Waals surface area contributed by atoms with Crippen LogP contribution in [-0.4, -0.2) is 4.98 Å². The summed E-state index contributed by atoms with van der Waals surface area (Å²) in [6, 6.07) is 4.16. The molecule has 2 heteroatoms. The van der Waals surface area contributed by atoms with E-state index in [9.17, 15) is 0 Å². The number of nitrogens with zero attached hydrogens (tertiary/aromatic N) is 1. The molecular weight excluding hydrogens is 208 g/mol. The highest BCUT2D eigenvalue weighted by Gasteiger charge is 2.15. The first-order valence-electron chi connectivity index (χ1n) is 6.86. The zero-order valence-corrected chi connectivity index (χ0v) is 11.4. The molecule has 1 rings (SSSR count). The molecule has 0 saturated carbocycles. The highest BCUT2D eigenvalue weighted by molar-refractivity contribution is 5.20. The third-order valence-electron chi connectivity index (χ3n) is 3.53. The van der Waals surface area contributed by atoms with Crippen molar-refractivity contribution < 1.29 is 0 Å². The Kier molecular flexibility index (Phi) is 6.20. The Morgan fingerprint density at radius 3 is 2.71 bits per heavy atom. The first-order chi connectivity index (χ1) is 8.19. The average Bonchev–Trinajstić information content (AvgIpc) is 2.34. The minimum absolute atomic E-state index is 0.0954. The smallest absolute Gasteiger partial charge is 0.0600 e. The van der Waals surface area contributed by atoms with Crippen LogP contribution in [-0.2, 0) is 0 Å². The molecule has 0 amide bonds. The Bertz CT molecular complexity index is 322. The minimum atomic E-state index is 0.0954. The molecule has 0 radical (unpaired) electrons. The molecule has 2 atom stereocenters. The molecule has 2 unspecified atom stereocenters. The van der Waals surface area contributed by atoms with Gasteiger partial charge in [-0.05, 0) is 30.9 Å². The number of aromatic nitrogens is 1. The van der Waals surface area contributed by atoms with Crippen molar-refractivity contribution in [3.05, 3.63) is 29.6 Å². The van der Waals surface area contributed by atoms with Crippen LogP contribution in [0.4, 0.5) is 0 Å². The number of pyridine rings is 1. The van der Waals surface area contributed by atoms with E-state index in [1.807, 2.05) is 12.3 Å². The number of unbranched alkanes of at least 4 members (excludes halogenated alkanes) is 1. The molecule has 0 bridgehead atoms. The zero-order valence-electron chi connectivity index (χ0n) is 11.4. The molecule has 0 aliphatic carbocycles. The van der Waals surface area contributed by atoms with E-state index in [0.717, 1.165) is 18.0 Å². The summed E-state index contributed by atoms with van der Waals surface area (Å²) in [5.41, 5.74) is 8.57. The minimum Gasteiger partial charge on any atom is -0.323 e.